The minimum absolute atomic E-state index is 0.0735. The van der Waals surface area contributed by atoms with Crippen LogP contribution in [0.2, 0.25) is 0 Å². The molecule has 0 aromatic rings. The summed E-state index contributed by atoms with van der Waals surface area (Å²) in [5.41, 5.74) is 0. The summed E-state index contributed by atoms with van der Waals surface area (Å²) in [6.07, 6.45) is 3.79. The topological polar surface area (TPSA) is 30.5 Å². The van der Waals surface area contributed by atoms with Crippen LogP contribution in [-0.2, 0) is 9.47 Å². The Labute approximate surface area is 80.8 Å². The largest absolute Gasteiger partial charge is 0.356 e. The summed E-state index contributed by atoms with van der Waals surface area (Å²) in [5.74, 6) is 0.426. The number of rotatable bonds is 4. The van der Waals surface area contributed by atoms with E-state index in [0.29, 0.717) is 12.0 Å². The van der Waals surface area contributed by atoms with Crippen molar-refractivity contribution in [3.63, 3.8) is 0 Å². The molecule has 0 saturated carbocycles. The first-order chi connectivity index (χ1) is 6.29. The van der Waals surface area contributed by atoms with Gasteiger partial charge in [0.2, 0.25) is 0 Å². The molecule has 1 saturated heterocycles. The van der Waals surface area contributed by atoms with E-state index < -0.39 is 0 Å². The summed E-state index contributed by atoms with van der Waals surface area (Å²) in [4.78, 5) is 0. The molecule has 3 nitrogen and oxygen atoms in total. The van der Waals surface area contributed by atoms with Crippen LogP contribution in [0.4, 0.5) is 0 Å². The molecule has 0 bridgehead atoms. The molecule has 1 aliphatic heterocycles. The fourth-order valence-corrected chi connectivity index (χ4v) is 2.04. The minimum atomic E-state index is -0.0735. The Morgan fingerprint density at radius 1 is 1.23 bits per heavy atom. The van der Waals surface area contributed by atoms with E-state index >= 15 is 0 Å². The molecular formula is C10H21NO2. The summed E-state index contributed by atoms with van der Waals surface area (Å²) in [6.45, 7) is 3.32. The van der Waals surface area contributed by atoms with E-state index in [9.17, 15) is 0 Å². The van der Waals surface area contributed by atoms with E-state index in [1.807, 2.05) is 0 Å². The van der Waals surface area contributed by atoms with Crippen molar-refractivity contribution in [3.8, 4) is 0 Å². The van der Waals surface area contributed by atoms with E-state index in [-0.39, 0.29) is 6.29 Å². The zero-order chi connectivity index (χ0) is 9.68. The molecule has 3 heteroatoms. The smallest absolute Gasteiger partial charge is 0.160 e. The van der Waals surface area contributed by atoms with Gasteiger partial charge in [0.25, 0.3) is 0 Å². The maximum Gasteiger partial charge on any atom is 0.160 e. The molecule has 78 valence electrons. The maximum atomic E-state index is 5.25. The molecule has 0 aliphatic carbocycles. The lowest BCUT2D eigenvalue weighted by molar-refractivity contribution is -0.141. The molecule has 0 amide bonds. The van der Waals surface area contributed by atoms with Gasteiger partial charge in [-0.25, -0.2) is 0 Å². The van der Waals surface area contributed by atoms with Gasteiger partial charge >= 0.3 is 0 Å². The van der Waals surface area contributed by atoms with Crippen molar-refractivity contribution in [2.75, 3.05) is 20.8 Å². The Kier molecular flexibility index (Phi) is 4.70. The fourth-order valence-electron chi connectivity index (χ4n) is 2.04. The molecule has 0 aromatic heterocycles. The van der Waals surface area contributed by atoms with Crippen LogP contribution < -0.4 is 5.32 Å². The summed E-state index contributed by atoms with van der Waals surface area (Å²) in [5, 5.41) is 3.51. The molecule has 1 N–H and O–H groups in total. The molecule has 0 aromatic carbocycles. The Hall–Kier alpha value is -0.120. The molecule has 0 spiro atoms. The lowest BCUT2D eigenvalue weighted by Gasteiger charge is -2.32. The third-order valence-corrected chi connectivity index (χ3v) is 2.88. The second-order valence-electron chi connectivity index (χ2n) is 3.76. The van der Waals surface area contributed by atoms with Crippen molar-refractivity contribution in [1.82, 2.24) is 5.32 Å². The lowest BCUT2D eigenvalue weighted by Crippen LogP contribution is -2.44. The highest BCUT2D eigenvalue weighted by atomic mass is 16.7. The lowest BCUT2D eigenvalue weighted by atomic mass is 9.93. The van der Waals surface area contributed by atoms with Crippen LogP contribution in [0.3, 0.4) is 0 Å². The first kappa shape index (κ1) is 11.0. The number of hydrogen-bond donors (Lipinski definition) is 1. The average Bonchev–Trinajstić information content (AvgIpc) is 2.21. The zero-order valence-corrected chi connectivity index (χ0v) is 8.88. The van der Waals surface area contributed by atoms with Gasteiger partial charge in [0, 0.05) is 26.2 Å². The zero-order valence-electron chi connectivity index (χ0n) is 8.88. The second-order valence-corrected chi connectivity index (χ2v) is 3.76. The Morgan fingerprint density at radius 2 is 1.92 bits per heavy atom. The van der Waals surface area contributed by atoms with E-state index in [1.165, 1.54) is 19.3 Å². The molecule has 1 heterocycles. The van der Waals surface area contributed by atoms with Crippen LogP contribution in [0.5, 0.6) is 0 Å². The van der Waals surface area contributed by atoms with Crippen LogP contribution in [0.1, 0.15) is 26.2 Å². The van der Waals surface area contributed by atoms with Crippen LogP contribution >= 0.6 is 0 Å². The maximum absolute atomic E-state index is 5.25. The van der Waals surface area contributed by atoms with Crippen molar-refractivity contribution >= 4 is 0 Å². The summed E-state index contributed by atoms with van der Waals surface area (Å²) in [7, 11) is 3.40. The summed E-state index contributed by atoms with van der Waals surface area (Å²) >= 11 is 0. The number of piperidine rings is 1. The first-order valence-corrected chi connectivity index (χ1v) is 5.08. The molecule has 2 atom stereocenters. The molecule has 0 radical (unpaired) electrons. The molecule has 1 fully saturated rings. The van der Waals surface area contributed by atoms with Gasteiger partial charge in [-0.05, 0) is 19.4 Å². The Morgan fingerprint density at radius 3 is 2.38 bits per heavy atom. The first-order valence-electron chi connectivity index (χ1n) is 5.08. The Balaban J connectivity index is 2.38. The average molecular weight is 187 g/mol. The number of nitrogens with one attached hydrogen (secondary N) is 1. The van der Waals surface area contributed by atoms with E-state index in [4.69, 9.17) is 9.47 Å². The van der Waals surface area contributed by atoms with Crippen LogP contribution in [0.25, 0.3) is 0 Å². The van der Waals surface area contributed by atoms with Gasteiger partial charge in [0.05, 0.1) is 0 Å². The predicted molar refractivity (Wildman–Crippen MR) is 52.6 cm³/mol. The molecule has 1 rings (SSSR count). The second kappa shape index (κ2) is 5.58. The van der Waals surface area contributed by atoms with Crippen molar-refractivity contribution in [3.05, 3.63) is 0 Å². The van der Waals surface area contributed by atoms with Gasteiger partial charge < -0.3 is 14.8 Å². The number of methoxy groups -OCH3 is 2. The predicted octanol–water partition coefficient (Wildman–Crippen LogP) is 1.38. The highest BCUT2D eigenvalue weighted by molar-refractivity contribution is 4.79. The quantitative estimate of drug-likeness (QED) is 0.675. The molecule has 13 heavy (non-hydrogen) atoms. The van der Waals surface area contributed by atoms with Gasteiger partial charge in [-0.3, -0.25) is 0 Å². The van der Waals surface area contributed by atoms with E-state index in [0.717, 1.165) is 6.54 Å². The molecule has 1 aliphatic rings. The van der Waals surface area contributed by atoms with Crippen molar-refractivity contribution in [2.24, 2.45) is 5.92 Å². The minimum Gasteiger partial charge on any atom is -0.356 e. The van der Waals surface area contributed by atoms with Crippen LogP contribution in [-0.4, -0.2) is 33.1 Å². The van der Waals surface area contributed by atoms with E-state index in [2.05, 4.69) is 12.2 Å². The van der Waals surface area contributed by atoms with Crippen molar-refractivity contribution in [1.29, 1.82) is 0 Å². The number of ether oxygens (including phenoxy) is 2. The SMILES string of the molecule is COC(OC)C(C)C1CCCCN1. The van der Waals surface area contributed by atoms with E-state index in [1.54, 1.807) is 14.2 Å². The van der Waals surface area contributed by atoms with Crippen LogP contribution in [0.15, 0.2) is 0 Å². The monoisotopic (exact) mass is 187 g/mol. The van der Waals surface area contributed by atoms with Crippen molar-refractivity contribution < 1.29 is 9.47 Å². The number of hydrogen-bond acceptors (Lipinski definition) is 3. The third kappa shape index (κ3) is 2.93. The van der Waals surface area contributed by atoms with Gasteiger partial charge in [-0.1, -0.05) is 13.3 Å². The van der Waals surface area contributed by atoms with Crippen molar-refractivity contribution in [2.45, 2.75) is 38.5 Å². The van der Waals surface area contributed by atoms with Gasteiger partial charge in [-0.15, -0.1) is 0 Å². The highest BCUT2D eigenvalue weighted by Gasteiger charge is 2.26. The summed E-state index contributed by atoms with van der Waals surface area (Å²) in [6, 6.07) is 0.554. The third-order valence-electron chi connectivity index (χ3n) is 2.88. The van der Waals surface area contributed by atoms with Gasteiger partial charge in [0.1, 0.15) is 0 Å². The fraction of sp³-hybridized carbons (Fsp3) is 1.00. The Bertz CT molecular complexity index is 131. The molecule has 2 unspecified atom stereocenters. The normalized spacial score (nSPS) is 26.3. The van der Waals surface area contributed by atoms with Gasteiger partial charge in [0.15, 0.2) is 6.29 Å². The standard InChI is InChI=1S/C10H21NO2/c1-8(10(12-2)13-3)9-6-4-5-7-11-9/h8-11H,4-7H2,1-3H3. The summed E-state index contributed by atoms with van der Waals surface area (Å²) < 4.78 is 10.5. The van der Waals surface area contributed by atoms with Crippen LogP contribution in [0, 0.1) is 5.92 Å². The molecular weight excluding hydrogens is 166 g/mol. The van der Waals surface area contributed by atoms with Gasteiger partial charge in [-0.2, -0.15) is 0 Å². The highest BCUT2D eigenvalue weighted by Crippen LogP contribution is 2.19.